The third-order valence-corrected chi connectivity index (χ3v) is 4.33. The molecule has 0 saturated heterocycles. The van der Waals surface area contributed by atoms with E-state index >= 15 is 0 Å². The van der Waals surface area contributed by atoms with Gasteiger partial charge in [-0.3, -0.25) is 9.78 Å². The van der Waals surface area contributed by atoms with E-state index in [0.29, 0.717) is 9.88 Å². The molecule has 7 heteroatoms. The molecule has 22 heavy (non-hydrogen) atoms. The van der Waals surface area contributed by atoms with Gasteiger partial charge in [0.1, 0.15) is 15.4 Å². The van der Waals surface area contributed by atoms with Crippen molar-refractivity contribution in [3.05, 3.63) is 34.6 Å². The van der Waals surface area contributed by atoms with Crippen LogP contribution in [0.2, 0.25) is 5.15 Å². The summed E-state index contributed by atoms with van der Waals surface area (Å²) in [4.78, 5) is 20.9. The molecule has 2 aromatic rings. The number of nitrogens with one attached hydrogen (secondary N) is 1. The van der Waals surface area contributed by atoms with Crippen molar-refractivity contribution in [1.29, 1.82) is 0 Å². The Balaban J connectivity index is 2.25. The fourth-order valence-electron chi connectivity index (χ4n) is 1.76. The Bertz CT molecular complexity index is 711. The van der Waals surface area contributed by atoms with Crippen LogP contribution in [0.25, 0.3) is 10.6 Å². The van der Waals surface area contributed by atoms with Crippen LogP contribution in [-0.2, 0) is 4.74 Å². The maximum absolute atomic E-state index is 12.4. The average molecular weight is 336 g/mol. The highest BCUT2D eigenvalue weighted by Gasteiger charge is 2.27. The van der Waals surface area contributed by atoms with Crippen molar-refractivity contribution in [3.8, 4) is 22.9 Å². The highest BCUT2D eigenvalue weighted by atomic mass is 35.5. The van der Waals surface area contributed by atoms with Gasteiger partial charge in [0.05, 0.1) is 6.61 Å². The van der Waals surface area contributed by atoms with Crippen LogP contribution in [0.5, 0.6) is 0 Å². The number of hydrogen-bond donors (Lipinski definition) is 1. The van der Waals surface area contributed by atoms with Gasteiger partial charge < -0.3 is 10.1 Å². The number of thiazole rings is 1. The largest absolute Gasteiger partial charge is 0.381 e. The summed E-state index contributed by atoms with van der Waals surface area (Å²) in [5.41, 5.74) is -0.113. The molecule has 1 unspecified atom stereocenters. The standard InChI is InChI=1S/C15H14ClN3O2S/c1-4-15(2,9-21-3)19-13(20)11-12(16)18-14(22-11)10-6-5-7-17-8-10/h1,5-8H,9H2,2-3H3,(H,19,20). The number of aromatic nitrogens is 2. The van der Waals surface area contributed by atoms with Crippen molar-refractivity contribution in [2.24, 2.45) is 0 Å². The van der Waals surface area contributed by atoms with Crippen molar-refractivity contribution in [2.45, 2.75) is 12.5 Å². The van der Waals surface area contributed by atoms with Crippen molar-refractivity contribution < 1.29 is 9.53 Å². The van der Waals surface area contributed by atoms with Crippen molar-refractivity contribution in [2.75, 3.05) is 13.7 Å². The van der Waals surface area contributed by atoms with Crippen LogP contribution in [0.1, 0.15) is 16.6 Å². The first-order valence-corrected chi connectivity index (χ1v) is 7.54. The first-order chi connectivity index (χ1) is 10.5. The van der Waals surface area contributed by atoms with E-state index in [1.165, 1.54) is 18.4 Å². The number of carbonyl (C=O) groups excluding carboxylic acids is 1. The molecule has 0 radical (unpaired) electrons. The van der Waals surface area contributed by atoms with E-state index in [0.717, 1.165) is 5.56 Å². The molecular formula is C15H14ClN3O2S. The summed E-state index contributed by atoms with van der Waals surface area (Å²) in [6, 6.07) is 3.64. The topological polar surface area (TPSA) is 64.1 Å². The molecule has 0 aliphatic heterocycles. The SMILES string of the molecule is C#CC(C)(COC)NC(=O)c1sc(-c2cccnc2)nc1Cl. The molecule has 1 atom stereocenters. The maximum atomic E-state index is 12.4. The highest BCUT2D eigenvalue weighted by molar-refractivity contribution is 7.17. The highest BCUT2D eigenvalue weighted by Crippen LogP contribution is 2.30. The number of ether oxygens (including phenoxy) is 1. The maximum Gasteiger partial charge on any atom is 0.265 e. The van der Waals surface area contributed by atoms with Gasteiger partial charge in [0.15, 0.2) is 5.15 Å². The molecule has 0 spiro atoms. The van der Waals surface area contributed by atoms with Crippen LogP contribution in [0.15, 0.2) is 24.5 Å². The Morgan fingerprint density at radius 3 is 3.00 bits per heavy atom. The Kier molecular flexibility index (Phi) is 5.14. The number of hydrogen-bond acceptors (Lipinski definition) is 5. The second-order valence-electron chi connectivity index (χ2n) is 4.74. The first kappa shape index (κ1) is 16.4. The number of methoxy groups -OCH3 is 1. The van der Waals surface area contributed by atoms with Crippen molar-refractivity contribution in [3.63, 3.8) is 0 Å². The third-order valence-electron chi connectivity index (χ3n) is 2.84. The summed E-state index contributed by atoms with van der Waals surface area (Å²) < 4.78 is 5.03. The zero-order valence-electron chi connectivity index (χ0n) is 12.1. The summed E-state index contributed by atoms with van der Waals surface area (Å²) in [7, 11) is 1.52. The molecule has 1 amide bonds. The predicted molar refractivity (Wildman–Crippen MR) is 86.9 cm³/mol. The summed E-state index contributed by atoms with van der Waals surface area (Å²) in [5, 5.41) is 3.50. The number of terminal acetylenes is 1. The minimum atomic E-state index is -0.909. The van der Waals surface area contributed by atoms with Gasteiger partial charge in [-0.15, -0.1) is 17.8 Å². The molecule has 2 heterocycles. The molecule has 0 fully saturated rings. The Morgan fingerprint density at radius 1 is 1.64 bits per heavy atom. The number of carbonyl (C=O) groups is 1. The second-order valence-corrected chi connectivity index (χ2v) is 6.10. The molecule has 2 rings (SSSR count). The van der Waals surface area contributed by atoms with E-state index in [1.54, 1.807) is 25.4 Å². The monoisotopic (exact) mass is 335 g/mol. The van der Waals surface area contributed by atoms with Crippen molar-refractivity contribution in [1.82, 2.24) is 15.3 Å². The fraction of sp³-hybridized carbons (Fsp3) is 0.267. The molecule has 114 valence electrons. The van der Waals surface area contributed by atoms with E-state index < -0.39 is 5.54 Å². The zero-order chi connectivity index (χ0) is 16.2. The lowest BCUT2D eigenvalue weighted by Crippen LogP contribution is -2.48. The van der Waals surface area contributed by atoms with Gasteiger partial charge in [-0.2, -0.15) is 0 Å². The number of nitrogens with zero attached hydrogens (tertiary/aromatic N) is 2. The third kappa shape index (κ3) is 3.63. The van der Waals surface area contributed by atoms with Gasteiger partial charge >= 0.3 is 0 Å². The summed E-state index contributed by atoms with van der Waals surface area (Å²) in [5.74, 6) is 2.13. The molecule has 1 N–H and O–H groups in total. The van der Waals surface area contributed by atoms with E-state index in [4.69, 9.17) is 22.8 Å². The van der Waals surface area contributed by atoms with Crippen LogP contribution in [0.3, 0.4) is 0 Å². The van der Waals surface area contributed by atoms with Crippen molar-refractivity contribution >= 4 is 28.8 Å². The van der Waals surface area contributed by atoms with Gasteiger partial charge in [-0.25, -0.2) is 4.98 Å². The number of pyridine rings is 1. The molecule has 0 aliphatic carbocycles. The normalized spacial score (nSPS) is 13.2. The predicted octanol–water partition coefficient (Wildman–Crippen LogP) is 2.63. The summed E-state index contributed by atoms with van der Waals surface area (Å²) >= 11 is 7.26. The Labute approximate surface area is 137 Å². The van der Waals surface area contributed by atoms with Crippen LogP contribution in [0.4, 0.5) is 0 Å². The van der Waals surface area contributed by atoms with E-state index in [1.807, 2.05) is 6.07 Å². The van der Waals surface area contributed by atoms with Crippen LogP contribution in [0, 0.1) is 12.3 Å². The molecule has 0 aliphatic rings. The van der Waals surface area contributed by atoms with Gasteiger partial charge in [-0.05, 0) is 19.1 Å². The number of amides is 1. The van der Waals surface area contributed by atoms with Gasteiger partial charge in [-0.1, -0.05) is 17.5 Å². The second kappa shape index (κ2) is 6.88. The summed E-state index contributed by atoms with van der Waals surface area (Å²) in [6.45, 7) is 1.90. The summed E-state index contributed by atoms with van der Waals surface area (Å²) in [6.07, 6.45) is 8.78. The van der Waals surface area contributed by atoms with E-state index in [9.17, 15) is 4.79 Å². The van der Waals surface area contributed by atoms with Gasteiger partial charge in [0.2, 0.25) is 0 Å². The van der Waals surface area contributed by atoms with Crippen LogP contribution < -0.4 is 5.32 Å². The minimum Gasteiger partial charge on any atom is -0.381 e. The zero-order valence-corrected chi connectivity index (χ0v) is 13.7. The quantitative estimate of drug-likeness (QED) is 0.853. The minimum absolute atomic E-state index is 0.137. The lowest BCUT2D eigenvalue weighted by atomic mass is 10.1. The Morgan fingerprint density at radius 2 is 2.41 bits per heavy atom. The molecule has 5 nitrogen and oxygen atoms in total. The Hall–Kier alpha value is -1.94. The number of rotatable bonds is 5. The van der Waals surface area contributed by atoms with Crippen LogP contribution in [-0.4, -0.2) is 35.1 Å². The average Bonchev–Trinajstić information content (AvgIpc) is 2.90. The van der Waals surface area contributed by atoms with E-state index in [-0.39, 0.29) is 17.7 Å². The van der Waals surface area contributed by atoms with Crippen LogP contribution >= 0.6 is 22.9 Å². The first-order valence-electron chi connectivity index (χ1n) is 6.35. The van der Waals surface area contributed by atoms with Gasteiger partial charge in [0.25, 0.3) is 5.91 Å². The molecular weight excluding hydrogens is 322 g/mol. The fourth-order valence-corrected chi connectivity index (χ4v) is 2.94. The smallest absolute Gasteiger partial charge is 0.265 e. The van der Waals surface area contributed by atoms with Gasteiger partial charge in [0, 0.05) is 25.1 Å². The molecule has 0 bridgehead atoms. The number of halogens is 1. The van der Waals surface area contributed by atoms with E-state index in [2.05, 4.69) is 21.2 Å². The molecule has 2 aromatic heterocycles. The molecule has 0 saturated carbocycles. The lowest BCUT2D eigenvalue weighted by Gasteiger charge is -2.23. The molecule has 0 aromatic carbocycles. The lowest BCUT2D eigenvalue weighted by molar-refractivity contribution is 0.0866.